The van der Waals surface area contributed by atoms with Gasteiger partial charge in [0.2, 0.25) is 11.8 Å². The van der Waals surface area contributed by atoms with E-state index < -0.39 is 28.5 Å². The highest BCUT2D eigenvalue weighted by Crippen LogP contribution is 2.28. The maximum Gasteiger partial charge on any atom is 0.264 e. The number of sulfonamides is 1. The Morgan fingerprint density at radius 1 is 0.826 bits per heavy atom. The summed E-state index contributed by atoms with van der Waals surface area (Å²) in [5, 5.41) is 3.24. The summed E-state index contributed by atoms with van der Waals surface area (Å²) in [5.41, 5.74) is 1.76. The van der Waals surface area contributed by atoms with Crippen molar-refractivity contribution in [2.24, 2.45) is 0 Å². The molecule has 11 heteroatoms. The van der Waals surface area contributed by atoms with Crippen molar-refractivity contribution < 1.29 is 27.5 Å². The number of carbonyl (C=O) groups is 2. The molecule has 46 heavy (non-hydrogen) atoms. The zero-order chi connectivity index (χ0) is 33.1. The standard InChI is InChI=1S/C35H38ClN3O6S/c1-4-20-37-35(41)33(22-26-10-6-5-7-11-26)38(24-27-12-8-15-31(21-27)45-3)34(40)25-39(29-14-9-13-28(36)23-29)46(42,43)32-18-16-30(44-2)17-19-32/h5-19,21,23,33H,4,20,22,24-25H2,1-3H3,(H,37,41). The third-order valence-corrected chi connectivity index (χ3v) is 9.35. The van der Waals surface area contributed by atoms with Gasteiger partial charge in [0.15, 0.2) is 0 Å². The molecular formula is C35H38ClN3O6S. The van der Waals surface area contributed by atoms with Crippen LogP contribution in [0.4, 0.5) is 5.69 Å². The van der Waals surface area contributed by atoms with Crippen LogP contribution in [0.15, 0.2) is 108 Å². The smallest absolute Gasteiger partial charge is 0.264 e. The molecule has 1 N–H and O–H groups in total. The van der Waals surface area contributed by atoms with Crippen molar-refractivity contribution in [1.29, 1.82) is 0 Å². The van der Waals surface area contributed by atoms with Crippen LogP contribution in [0.3, 0.4) is 0 Å². The number of rotatable bonds is 15. The number of ether oxygens (including phenoxy) is 2. The quantitative estimate of drug-likeness (QED) is 0.175. The average molecular weight is 664 g/mol. The molecule has 0 aromatic heterocycles. The second kappa shape index (κ2) is 16.1. The Kier molecular flexibility index (Phi) is 12.1. The van der Waals surface area contributed by atoms with Gasteiger partial charge in [-0.2, -0.15) is 0 Å². The minimum Gasteiger partial charge on any atom is -0.497 e. The lowest BCUT2D eigenvalue weighted by Crippen LogP contribution is -2.53. The van der Waals surface area contributed by atoms with Crippen LogP contribution in [0.5, 0.6) is 11.5 Å². The largest absolute Gasteiger partial charge is 0.497 e. The van der Waals surface area contributed by atoms with Crippen molar-refractivity contribution in [2.45, 2.75) is 37.2 Å². The molecule has 4 rings (SSSR count). The predicted octanol–water partition coefficient (Wildman–Crippen LogP) is 5.72. The normalized spacial score (nSPS) is 11.7. The first-order valence-electron chi connectivity index (χ1n) is 14.8. The van der Waals surface area contributed by atoms with Gasteiger partial charge in [-0.25, -0.2) is 8.42 Å². The first-order chi connectivity index (χ1) is 22.2. The van der Waals surface area contributed by atoms with Crippen molar-refractivity contribution in [2.75, 3.05) is 31.6 Å². The van der Waals surface area contributed by atoms with Gasteiger partial charge in [0.25, 0.3) is 10.0 Å². The van der Waals surface area contributed by atoms with Gasteiger partial charge in [0, 0.05) is 24.5 Å². The minimum atomic E-state index is -4.28. The predicted molar refractivity (Wildman–Crippen MR) is 180 cm³/mol. The van der Waals surface area contributed by atoms with Crippen LogP contribution in [0.25, 0.3) is 0 Å². The van der Waals surface area contributed by atoms with E-state index in [1.807, 2.05) is 43.3 Å². The number of nitrogens with one attached hydrogen (secondary N) is 1. The van der Waals surface area contributed by atoms with Crippen LogP contribution < -0.4 is 19.1 Å². The van der Waals surface area contributed by atoms with Crippen molar-refractivity contribution >= 4 is 39.1 Å². The summed E-state index contributed by atoms with van der Waals surface area (Å²) in [6.45, 7) is 1.80. The molecule has 0 aliphatic rings. The second-order valence-corrected chi connectivity index (χ2v) is 12.8. The van der Waals surface area contributed by atoms with Crippen LogP contribution >= 0.6 is 11.6 Å². The van der Waals surface area contributed by atoms with Gasteiger partial charge in [0.05, 0.1) is 24.8 Å². The monoisotopic (exact) mass is 663 g/mol. The Morgan fingerprint density at radius 3 is 2.15 bits per heavy atom. The Labute approximate surface area is 275 Å². The third-order valence-electron chi connectivity index (χ3n) is 7.33. The van der Waals surface area contributed by atoms with Gasteiger partial charge in [-0.15, -0.1) is 0 Å². The number of hydrogen-bond acceptors (Lipinski definition) is 6. The fourth-order valence-corrected chi connectivity index (χ4v) is 6.51. The molecular weight excluding hydrogens is 626 g/mol. The van der Waals surface area contributed by atoms with Crippen molar-refractivity contribution in [3.05, 3.63) is 119 Å². The van der Waals surface area contributed by atoms with Crippen molar-refractivity contribution in [3.63, 3.8) is 0 Å². The van der Waals surface area contributed by atoms with Gasteiger partial charge in [0.1, 0.15) is 24.1 Å². The van der Waals surface area contributed by atoms with Crippen molar-refractivity contribution in [3.8, 4) is 11.5 Å². The molecule has 2 amide bonds. The first kappa shape index (κ1) is 34.3. The molecule has 4 aromatic carbocycles. The number of methoxy groups -OCH3 is 2. The lowest BCUT2D eigenvalue weighted by atomic mass is 10.0. The van der Waals surface area contributed by atoms with E-state index >= 15 is 0 Å². The van der Waals surface area contributed by atoms with Crippen molar-refractivity contribution in [1.82, 2.24) is 10.2 Å². The highest BCUT2D eigenvalue weighted by molar-refractivity contribution is 7.92. The Balaban J connectivity index is 1.80. The molecule has 9 nitrogen and oxygen atoms in total. The summed E-state index contributed by atoms with van der Waals surface area (Å²) < 4.78 is 39.9. The second-order valence-electron chi connectivity index (χ2n) is 10.5. The maximum atomic E-state index is 14.5. The zero-order valence-corrected chi connectivity index (χ0v) is 27.6. The third kappa shape index (κ3) is 8.80. The van der Waals surface area contributed by atoms with E-state index in [0.29, 0.717) is 35.1 Å². The lowest BCUT2D eigenvalue weighted by molar-refractivity contribution is -0.140. The number of benzene rings is 4. The number of amides is 2. The van der Waals surface area contributed by atoms with E-state index in [9.17, 15) is 18.0 Å². The summed E-state index contributed by atoms with van der Waals surface area (Å²) in [6, 6.07) is 27.8. The number of halogens is 1. The molecule has 0 saturated carbocycles. The Hall–Kier alpha value is -4.54. The van der Waals surface area contributed by atoms with E-state index in [1.165, 1.54) is 42.3 Å². The first-order valence-corrected chi connectivity index (χ1v) is 16.6. The van der Waals surface area contributed by atoms with Gasteiger partial charge in [-0.1, -0.05) is 67.1 Å². The van der Waals surface area contributed by atoms with Crippen LogP contribution in [0.1, 0.15) is 24.5 Å². The molecule has 0 spiro atoms. The van der Waals surface area contributed by atoms with Crippen LogP contribution in [0.2, 0.25) is 5.02 Å². The molecule has 4 aromatic rings. The van der Waals surface area contributed by atoms with Crippen LogP contribution in [-0.2, 0) is 32.6 Å². The molecule has 1 unspecified atom stereocenters. The van der Waals surface area contributed by atoms with E-state index in [-0.39, 0.29) is 29.5 Å². The summed E-state index contributed by atoms with van der Waals surface area (Å²) in [4.78, 5) is 29.7. The van der Waals surface area contributed by atoms with Gasteiger partial charge in [-0.3, -0.25) is 13.9 Å². The fraction of sp³-hybridized carbons (Fsp3) is 0.257. The summed E-state index contributed by atoms with van der Waals surface area (Å²) >= 11 is 6.29. The zero-order valence-electron chi connectivity index (χ0n) is 26.1. The SMILES string of the molecule is CCCNC(=O)C(Cc1ccccc1)N(Cc1cccc(OC)c1)C(=O)CN(c1cccc(Cl)c1)S(=O)(=O)c1ccc(OC)cc1. The van der Waals surface area contributed by atoms with Gasteiger partial charge in [-0.05, 0) is 72.1 Å². The number of anilines is 1. The highest BCUT2D eigenvalue weighted by Gasteiger charge is 2.34. The fourth-order valence-electron chi connectivity index (χ4n) is 4.92. The maximum absolute atomic E-state index is 14.5. The van der Waals surface area contributed by atoms with Gasteiger partial charge >= 0.3 is 0 Å². The molecule has 0 aliphatic carbocycles. The number of nitrogens with zero attached hydrogens (tertiary/aromatic N) is 2. The van der Waals surface area contributed by atoms with E-state index in [4.69, 9.17) is 21.1 Å². The van der Waals surface area contributed by atoms with Crippen LogP contribution in [0, 0.1) is 0 Å². The molecule has 0 saturated heterocycles. The highest BCUT2D eigenvalue weighted by atomic mass is 35.5. The molecule has 0 aliphatic heterocycles. The molecule has 0 radical (unpaired) electrons. The number of hydrogen-bond donors (Lipinski definition) is 1. The summed E-state index contributed by atoms with van der Waals surface area (Å²) in [5.74, 6) is 0.153. The Bertz CT molecular complexity index is 1720. The van der Waals surface area contributed by atoms with Gasteiger partial charge < -0.3 is 19.7 Å². The molecule has 0 heterocycles. The number of carbonyl (C=O) groups excluding carboxylic acids is 2. The average Bonchev–Trinajstić information content (AvgIpc) is 3.08. The lowest BCUT2D eigenvalue weighted by Gasteiger charge is -2.34. The Morgan fingerprint density at radius 2 is 1.50 bits per heavy atom. The summed E-state index contributed by atoms with van der Waals surface area (Å²) in [6.07, 6.45) is 0.921. The van der Waals surface area contributed by atoms with E-state index in [1.54, 1.807) is 43.5 Å². The molecule has 1 atom stereocenters. The van der Waals surface area contributed by atoms with Crippen LogP contribution in [-0.4, -0.2) is 58.5 Å². The van der Waals surface area contributed by atoms with E-state index in [0.717, 1.165) is 9.87 Å². The topological polar surface area (TPSA) is 105 Å². The molecule has 242 valence electrons. The molecule has 0 bridgehead atoms. The van der Waals surface area contributed by atoms with E-state index in [2.05, 4.69) is 5.32 Å². The minimum absolute atomic E-state index is 0.0268. The molecule has 0 fully saturated rings. The summed E-state index contributed by atoms with van der Waals surface area (Å²) in [7, 11) is -1.24.